The molecule has 1 saturated heterocycles. The second-order valence-corrected chi connectivity index (χ2v) is 13.0. The number of halogens is 1. The summed E-state index contributed by atoms with van der Waals surface area (Å²) in [6, 6.07) is 20.8. The zero-order valence-electron chi connectivity index (χ0n) is 26.5. The molecule has 11 heteroatoms. The van der Waals surface area contributed by atoms with E-state index in [9.17, 15) is 14.4 Å². The fraction of sp³-hybridized carbons (Fsp3) is 0.371. The van der Waals surface area contributed by atoms with Crippen LogP contribution in [0.25, 0.3) is 22.0 Å². The molecule has 2 heterocycles. The van der Waals surface area contributed by atoms with Gasteiger partial charge < -0.3 is 24.7 Å². The largest absolute Gasteiger partial charge is 0.449 e. The van der Waals surface area contributed by atoms with E-state index in [0.717, 1.165) is 22.3 Å². The third-order valence-electron chi connectivity index (χ3n) is 8.40. The number of fused-ring (bicyclic) bond motifs is 4. The number of piperazine rings is 1. The monoisotopic (exact) mass is 643 g/mol. The minimum Gasteiger partial charge on any atom is -0.449 e. The second-order valence-electron chi connectivity index (χ2n) is 12.6. The van der Waals surface area contributed by atoms with Gasteiger partial charge >= 0.3 is 12.2 Å². The summed E-state index contributed by atoms with van der Waals surface area (Å²) in [7, 11) is 0. The molecule has 2 aliphatic rings. The lowest BCUT2D eigenvalue weighted by Crippen LogP contribution is -2.57. The fourth-order valence-corrected chi connectivity index (χ4v) is 6.48. The third-order valence-corrected chi connectivity index (χ3v) is 8.71. The lowest BCUT2D eigenvalue weighted by atomic mass is 9.98. The molecule has 1 aliphatic heterocycles. The van der Waals surface area contributed by atoms with E-state index in [4.69, 9.17) is 26.1 Å². The SMILES string of the molecule is CCC(NC(=O)OCC1c2ccccc2-c2ccccc21)c1nc2cccc(Cl)c2c(=O)n1N1CCN(C(=O)OC(C)(C)C)CC1. The van der Waals surface area contributed by atoms with E-state index < -0.39 is 23.8 Å². The Morgan fingerprint density at radius 3 is 2.20 bits per heavy atom. The maximum absolute atomic E-state index is 14.1. The highest BCUT2D eigenvalue weighted by molar-refractivity contribution is 6.35. The highest BCUT2D eigenvalue weighted by Crippen LogP contribution is 2.44. The van der Waals surface area contributed by atoms with E-state index >= 15 is 0 Å². The van der Waals surface area contributed by atoms with E-state index in [1.54, 1.807) is 23.1 Å². The fourth-order valence-electron chi connectivity index (χ4n) is 6.23. The highest BCUT2D eigenvalue weighted by Gasteiger charge is 2.32. The van der Waals surface area contributed by atoms with Crippen molar-refractivity contribution in [1.29, 1.82) is 0 Å². The number of benzene rings is 3. The minimum atomic E-state index is -0.643. The van der Waals surface area contributed by atoms with Gasteiger partial charge in [0, 0.05) is 19.0 Å². The van der Waals surface area contributed by atoms with Crippen molar-refractivity contribution < 1.29 is 19.1 Å². The molecule has 1 N–H and O–H groups in total. The second kappa shape index (κ2) is 12.7. The van der Waals surface area contributed by atoms with Crippen molar-refractivity contribution in [2.45, 2.75) is 51.7 Å². The van der Waals surface area contributed by atoms with Crippen molar-refractivity contribution in [2.24, 2.45) is 0 Å². The number of alkyl carbamates (subject to hydrolysis) is 1. The molecule has 0 spiro atoms. The predicted octanol–water partition coefficient (Wildman–Crippen LogP) is 6.23. The summed E-state index contributed by atoms with van der Waals surface area (Å²) in [4.78, 5) is 46.6. The maximum atomic E-state index is 14.1. The zero-order valence-corrected chi connectivity index (χ0v) is 27.2. The van der Waals surface area contributed by atoms with Crippen LogP contribution >= 0.6 is 11.6 Å². The van der Waals surface area contributed by atoms with Crippen LogP contribution in [0.5, 0.6) is 0 Å². The van der Waals surface area contributed by atoms with Gasteiger partial charge in [0.1, 0.15) is 12.2 Å². The average Bonchev–Trinajstić information content (AvgIpc) is 3.35. The van der Waals surface area contributed by atoms with Crippen LogP contribution in [0, 0.1) is 0 Å². The van der Waals surface area contributed by atoms with Crippen LogP contribution in [0.15, 0.2) is 71.5 Å². The van der Waals surface area contributed by atoms with Gasteiger partial charge in [0.15, 0.2) is 5.82 Å². The van der Waals surface area contributed by atoms with Gasteiger partial charge in [-0.15, -0.1) is 0 Å². The first-order valence-electron chi connectivity index (χ1n) is 15.6. The summed E-state index contributed by atoms with van der Waals surface area (Å²) in [6.07, 6.45) is -0.557. The van der Waals surface area contributed by atoms with Gasteiger partial charge in [-0.05, 0) is 61.6 Å². The average molecular weight is 644 g/mol. The lowest BCUT2D eigenvalue weighted by molar-refractivity contribution is 0.0231. The number of ether oxygens (including phenoxy) is 2. The van der Waals surface area contributed by atoms with Crippen molar-refractivity contribution in [2.75, 3.05) is 37.8 Å². The van der Waals surface area contributed by atoms with Crippen LogP contribution < -0.4 is 15.9 Å². The van der Waals surface area contributed by atoms with E-state index in [1.807, 2.05) is 57.0 Å². The molecule has 1 aliphatic carbocycles. The molecule has 6 rings (SSSR count). The smallest absolute Gasteiger partial charge is 0.410 e. The first-order valence-corrected chi connectivity index (χ1v) is 16.0. The summed E-state index contributed by atoms with van der Waals surface area (Å²) < 4.78 is 12.9. The Kier molecular flexibility index (Phi) is 8.65. The maximum Gasteiger partial charge on any atom is 0.410 e. The number of nitrogens with zero attached hydrogens (tertiary/aromatic N) is 4. The number of hydrogen-bond acceptors (Lipinski definition) is 7. The highest BCUT2D eigenvalue weighted by atomic mass is 35.5. The summed E-state index contributed by atoms with van der Waals surface area (Å²) in [6.45, 7) is 8.94. The van der Waals surface area contributed by atoms with E-state index in [-0.39, 0.29) is 18.1 Å². The molecule has 4 aromatic rings. The van der Waals surface area contributed by atoms with Gasteiger partial charge in [0.05, 0.1) is 35.1 Å². The van der Waals surface area contributed by atoms with Crippen LogP contribution in [-0.4, -0.2) is 65.1 Å². The van der Waals surface area contributed by atoms with Crippen LogP contribution in [0.1, 0.15) is 63.0 Å². The number of aromatic nitrogens is 2. The quantitative estimate of drug-likeness (QED) is 0.266. The van der Waals surface area contributed by atoms with Crippen LogP contribution in [-0.2, 0) is 9.47 Å². The van der Waals surface area contributed by atoms with Crippen molar-refractivity contribution in [3.63, 3.8) is 0 Å². The number of carbonyl (C=O) groups is 2. The van der Waals surface area contributed by atoms with Gasteiger partial charge in [0.25, 0.3) is 5.56 Å². The van der Waals surface area contributed by atoms with Crippen molar-refractivity contribution in [3.8, 4) is 11.1 Å². The van der Waals surface area contributed by atoms with Gasteiger partial charge in [0.2, 0.25) is 0 Å². The third kappa shape index (κ3) is 6.13. The van der Waals surface area contributed by atoms with E-state index in [1.165, 1.54) is 4.68 Å². The number of rotatable bonds is 6. The topological polar surface area (TPSA) is 106 Å². The molecule has 1 aromatic heterocycles. The molecule has 2 amide bonds. The molecule has 46 heavy (non-hydrogen) atoms. The molecule has 10 nitrogen and oxygen atoms in total. The van der Waals surface area contributed by atoms with Gasteiger partial charge in [-0.1, -0.05) is 73.1 Å². The minimum absolute atomic E-state index is 0.0846. The first kappa shape index (κ1) is 31.4. The number of amides is 2. The van der Waals surface area contributed by atoms with Crippen molar-refractivity contribution in [3.05, 3.63) is 99.1 Å². The number of carbonyl (C=O) groups excluding carboxylic acids is 2. The molecule has 240 valence electrons. The Morgan fingerprint density at radius 1 is 0.957 bits per heavy atom. The van der Waals surface area contributed by atoms with Crippen molar-refractivity contribution in [1.82, 2.24) is 19.9 Å². The summed E-state index contributed by atoms with van der Waals surface area (Å²) in [5, 5.41) is 5.39. The number of hydrogen-bond donors (Lipinski definition) is 1. The molecule has 1 atom stereocenters. The van der Waals surface area contributed by atoms with Gasteiger partial charge in [-0.25, -0.2) is 19.2 Å². The molecule has 1 unspecified atom stereocenters. The number of nitrogens with one attached hydrogen (secondary N) is 1. The Hall–Kier alpha value is -4.57. The Morgan fingerprint density at radius 2 is 1.59 bits per heavy atom. The van der Waals surface area contributed by atoms with Crippen LogP contribution in [0.2, 0.25) is 5.02 Å². The Labute approximate surface area is 272 Å². The normalized spacial score (nSPS) is 15.3. The molecule has 0 radical (unpaired) electrons. The molecule has 1 fully saturated rings. The standard InChI is InChI=1S/C35H38ClN5O5/c1-5-28(38-33(43)45-21-26-24-13-8-6-11-22(24)23-12-7-9-14-25(23)26)31-37-29-16-10-15-27(36)30(29)32(42)41(31)40-19-17-39(18-20-40)34(44)46-35(2,3)4/h6-16,26,28H,5,17-21H2,1-4H3,(H,38,43). The summed E-state index contributed by atoms with van der Waals surface area (Å²) >= 11 is 6.49. The predicted molar refractivity (Wildman–Crippen MR) is 178 cm³/mol. The molecular formula is C35H38ClN5O5. The lowest BCUT2D eigenvalue weighted by Gasteiger charge is -2.38. The Bertz CT molecular complexity index is 1800. The summed E-state index contributed by atoms with van der Waals surface area (Å²) in [5.74, 6) is 0.278. The van der Waals surface area contributed by atoms with Crippen LogP contribution in [0.3, 0.4) is 0 Å². The van der Waals surface area contributed by atoms with Crippen molar-refractivity contribution >= 4 is 34.7 Å². The molecule has 3 aromatic carbocycles. The molecule has 0 saturated carbocycles. The van der Waals surface area contributed by atoms with Crippen LogP contribution in [0.4, 0.5) is 9.59 Å². The molecule has 0 bridgehead atoms. The zero-order chi connectivity index (χ0) is 32.6. The van der Waals surface area contributed by atoms with Gasteiger partial charge in [-0.2, -0.15) is 0 Å². The molecular weight excluding hydrogens is 606 g/mol. The Balaban J connectivity index is 1.24. The summed E-state index contributed by atoms with van der Waals surface area (Å²) in [5.41, 5.74) is 4.01. The van der Waals surface area contributed by atoms with E-state index in [0.29, 0.717) is 54.3 Å². The first-order chi connectivity index (χ1) is 22.1. The van der Waals surface area contributed by atoms with E-state index in [2.05, 4.69) is 29.6 Å². The van der Waals surface area contributed by atoms with Gasteiger partial charge in [-0.3, -0.25) is 4.79 Å².